The summed E-state index contributed by atoms with van der Waals surface area (Å²) in [6.07, 6.45) is 3.62. The Morgan fingerprint density at radius 1 is 0.618 bits per heavy atom. The fourth-order valence-electron chi connectivity index (χ4n) is 5.62. The lowest BCUT2D eigenvalue weighted by atomic mass is 10.0. The van der Waals surface area contributed by atoms with Crippen molar-refractivity contribution < 1.29 is 4.74 Å². The summed E-state index contributed by atoms with van der Waals surface area (Å²) in [6, 6.07) is 19.0. The number of rotatable bonds is 1. The molecule has 2 aliphatic rings. The second-order valence-electron chi connectivity index (χ2n) is 8.88. The third-order valence-corrected chi connectivity index (χ3v) is 7.13. The van der Waals surface area contributed by atoms with E-state index in [0.717, 1.165) is 81.7 Å². The quantitative estimate of drug-likeness (QED) is 0.320. The average Bonchev–Trinajstić information content (AvgIpc) is 3.23. The molecule has 0 radical (unpaired) electrons. The molecular weight excluding hydrogens is 422 g/mol. The largest absolute Gasteiger partial charge is 0.378 e. The maximum Gasteiger partial charge on any atom is 0.0996 e. The molecule has 3 aromatic carbocycles. The first-order chi connectivity index (χ1) is 16.9. The summed E-state index contributed by atoms with van der Waals surface area (Å²) in [6.45, 7) is 3.34. The first-order valence-electron chi connectivity index (χ1n) is 11.6. The van der Waals surface area contributed by atoms with Gasteiger partial charge in [-0.05, 0) is 30.3 Å². The number of fused-ring (bicyclic) bond motifs is 9. The number of benzene rings is 3. The zero-order chi connectivity index (χ0) is 22.2. The van der Waals surface area contributed by atoms with E-state index in [0.29, 0.717) is 0 Å². The second kappa shape index (κ2) is 6.68. The highest BCUT2D eigenvalue weighted by Gasteiger charge is 2.28. The molecule has 6 nitrogen and oxygen atoms in total. The van der Waals surface area contributed by atoms with Gasteiger partial charge in [-0.2, -0.15) is 0 Å². The molecule has 162 valence electrons. The van der Waals surface area contributed by atoms with E-state index in [1.807, 2.05) is 24.5 Å². The summed E-state index contributed by atoms with van der Waals surface area (Å²) < 4.78 is 5.59. The molecule has 0 spiro atoms. The minimum atomic E-state index is 0.764. The number of hydrogen-bond acceptors (Lipinski definition) is 6. The van der Waals surface area contributed by atoms with Crippen molar-refractivity contribution in [3.05, 3.63) is 67.0 Å². The molecule has 8 rings (SSSR count). The van der Waals surface area contributed by atoms with E-state index in [9.17, 15) is 0 Å². The molecule has 0 unspecified atom stereocenters. The van der Waals surface area contributed by atoms with Gasteiger partial charge >= 0.3 is 0 Å². The predicted octanol–water partition coefficient (Wildman–Crippen LogP) is 5.36. The summed E-state index contributed by atoms with van der Waals surface area (Å²) in [7, 11) is 0. The van der Waals surface area contributed by atoms with E-state index in [1.165, 1.54) is 16.5 Å². The molecule has 1 fully saturated rings. The molecule has 34 heavy (non-hydrogen) atoms. The number of morpholine rings is 1. The van der Waals surface area contributed by atoms with E-state index in [2.05, 4.69) is 57.3 Å². The van der Waals surface area contributed by atoms with Gasteiger partial charge < -0.3 is 9.64 Å². The summed E-state index contributed by atoms with van der Waals surface area (Å²) in [5, 5.41) is 4.45. The highest BCUT2D eigenvalue weighted by atomic mass is 16.5. The third-order valence-electron chi connectivity index (χ3n) is 7.13. The first-order valence-corrected chi connectivity index (χ1v) is 11.6. The predicted molar refractivity (Wildman–Crippen MR) is 135 cm³/mol. The van der Waals surface area contributed by atoms with Crippen molar-refractivity contribution >= 4 is 49.3 Å². The molecule has 1 saturated heterocycles. The fourth-order valence-corrected chi connectivity index (χ4v) is 5.62. The second-order valence-corrected chi connectivity index (χ2v) is 8.88. The Morgan fingerprint density at radius 2 is 1.24 bits per heavy atom. The highest BCUT2D eigenvalue weighted by Crippen LogP contribution is 2.49. The number of aromatic nitrogens is 4. The smallest absolute Gasteiger partial charge is 0.0996 e. The summed E-state index contributed by atoms with van der Waals surface area (Å²) in [5.74, 6) is 0. The lowest BCUT2D eigenvalue weighted by Crippen LogP contribution is -2.36. The van der Waals surface area contributed by atoms with Crippen LogP contribution in [0.3, 0.4) is 0 Å². The van der Waals surface area contributed by atoms with Crippen molar-refractivity contribution in [3.63, 3.8) is 0 Å². The minimum absolute atomic E-state index is 0.764. The molecule has 6 heteroatoms. The zero-order valence-electron chi connectivity index (χ0n) is 18.3. The molecule has 1 aliphatic carbocycles. The van der Waals surface area contributed by atoms with E-state index < -0.39 is 0 Å². The molecule has 0 bridgehead atoms. The Kier molecular flexibility index (Phi) is 3.59. The number of ether oxygens (including phenoxy) is 1. The SMILES string of the molecule is c1cc2c3c(ccc(N4CCOCC4)c3c1)-c1nc3c4cccnc4c4ncccc4c3nc1-2. The topological polar surface area (TPSA) is 64.0 Å². The summed E-state index contributed by atoms with van der Waals surface area (Å²) in [5.41, 5.74) is 8.92. The van der Waals surface area contributed by atoms with Crippen LogP contribution in [0.4, 0.5) is 5.69 Å². The minimum Gasteiger partial charge on any atom is -0.378 e. The lowest BCUT2D eigenvalue weighted by molar-refractivity contribution is 0.123. The molecular formula is C28H19N5O. The Hall–Kier alpha value is -4.16. The van der Waals surface area contributed by atoms with Gasteiger partial charge in [-0.15, -0.1) is 0 Å². The van der Waals surface area contributed by atoms with E-state index >= 15 is 0 Å². The van der Waals surface area contributed by atoms with Gasteiger partial charge in [0.05, 0.1) is 46.7 Å². The van der Waals surface area contributed by atoms with Crippen LogP contribution in [0.15, 0.2) is 67.0 Å². The fraction of sp³-hybridized carbons (Fsp3) is 0.143. The lowest BCUT2D eigenvalue weighted by Gasteiger charge is -2.30. The van der Waals surface area contributed by atoms with Gasteiger partial charge in [0.25, 0.3) is 0 Å². The van der Waals surface area contributed by atoms with Crippen molar-refractivity contribution in [1.82, 2.24) is 19.9 Å². The molecule has 4 heterocycles. The van der Waals surface area contributed by atoms with Crippen LogP contribution < -0.4 is 4.90 Å². The van der Waals surface area contributed by atoms with Gasteiger partial charge in [-0.25, -0.2) is 9.97 Å². The van der Waals surface area contributed by atoms with Crippen molar-refractivity contribution in [2.75, 3.05) is 31.2 Å². The first kappa shape index (κ1) is 18.3. The van der Waals surface area contributed by atoms with Crippen LogP contribution in [0.2, 0.25) is 0 Å². The summed E-state index contributed by atoms with van der Waals surface area (Å²) >= 11 is 0. The van der Waals surface area contributed by atoms with Crippen LogP contribution in [-0.4, -0.2) is 46.2 Å². The van der Waals surface area contributed by atoms with Crippen LogP contribution in [-0.2, 0) is 4.74 Å². The van der Waals surface area contributed by atoms with Gasteiger partial charge in [0.1, 0.15) is 0 Å². The molecule has 3 aromatic heterocycles. The monoisotopic (exact) mass is 441 g/mol. The van der Waals surface area contributed by atoms with E-state index in [-0.39, 0.29) is 0 Å². The Bertz CT molecular complexity index is 1720. The maximum absolute atomic E-state index is 5.59. The molecule has 0 N–H and O–H groups in total. The number of hydrogen-bond donors (Lipinski definition) is 0. The van der Waals surface area contributed by atoms with Crippen molar-refractivity contribution in [3.8, 4) is 22.5 Å². The number of pyridine rings is 2. The van der Waals surface area contributed by atoms with Crippen molar-refractivity contribution in [1.29, 1.82) is 0 Å². The van der Waals surface area contributed by atoms with Gasteiger partial charge in [0.15, 0.2) is 0 Å². The van der Waals surface area contributed by atoms with Crippen LogP contribution in [0.1, 0.15) is 0 Å². The van der Waals surface area contributed by atoms with Crippen molar-refractivity contribution in [2.24, 2.45) is 0 Å². The van der Waals surface area contributed by atoms with Crippen LogP contribution in [0.25, 0.3) is 66.1 Å². The van der Waals surface area contributed by atoms with E-state index in [4.69, 9.17) is 14.7 Å². The maximum atomic E-state index is 5.59. The Labute approximate surface area is 194 Å². The molecule has 1 aliphatic heterocycles. The van der Waals surface area contributed by atoms with Crippen LogP contribution >= 0.6 is 0 Å². The standard InChI is InChI=1S/C28H19N5O/c1-4-16-21(33-12-14-34-15-13-33)9-8-18-22(16)17(5-1)25-26(18)32-28-20-7-3-11-30-24(20)23-19(27(28)31-25)6-2-10-29-23/h1-11H,12-15H2. The molecule has 0 atom stereocenters. The van der Waals surface area contributed by atoms with Crippen LogP contribution in [0.5, 0.6) is 0 Å². The van der Waals surface area contributed by atoms with Gasteiger partial charge in [0, 0.05) is 63.8 Å². The van der Waals surface area contributed by atoms with Gasteiger partial charge in [-0.1, -0.05) is 24.3 Å². The molecule has 0 saturated carbocycles. The summed E-state index contributed by atoms with van der Waals surface area (Å²) in [4.78, 5) is 22.2. The zero-order valence-corrected chi connectivity index (χ0v) is 18.3. The highest BCUT2D eigenvalue weighted by molar-refractivity contribution is 6.23. The van der Waals surface area contributed by atoms with Crippen LogP contribution in [0, 0.1) is 0 Å². The van der Waals surface area contributed by atoms with E-state index in [1.54, 1.807) is 0 Å². The normalized spacial score (nSPS) is 15.0. The van der Waals surface area contributed by atoms with Crippen molar-refractivity contribution in [2.45, 2.75) is 0 Å². The Balaban J connectivity index is 1.48. The third kappa shape index (κ3) is 2.33. The van der Waals surface area contributed by atoms with Gasteiger partial charge in [0.2, 0.25) is 0 Å². The molecule has 0 amide bonds. The average molecular weight is 441 g/mol. The molecule has 6 aromatic rings. The van der Waals surface area contributed by atoms with Gasteiger partial charge in [-0.3, -0.25) is 9.97 Å². The number of nitrogens with zero attached hydrogens (tertiary/aromatic N) is 5. The Morgan fingerprint density at radius 3 is 1.91 bits per heavy atom. The number of anilines is 1.